The molecule has 0 aliphatic carbocycles. The first kappa shape index (κ1) is 14.5. The highest BCUT2D eigenvalue weighted by Crippen LogP contribution is 2.25. The van der Waals surface area contributed by atoms with Gasteiger partial charge in [0.15, 0.2) is 0 Å². The average molecular weight is 306 g/mol. The van der Waals surface area contributed by atoms with Crippen LogP contribution in [-0.4, -0.2) is 46.6 Å². The van der Waals surface area contributed by atoms with Gasteiger partial charge in [0.2, 0.25) is 5.95 Å². The van der Waals surface area contributed by atoms with Crippen molar-refractivity contribution in [3.8, 4) is 5.88 Å². The fourth-order valence-corrected chi connectivity index (χ4v) is 2.23. The van der Waals surface area contributed by atoms with Gasteiger partial charge in [-0.2, -0.15) is 4.98 Å². The van der Waals surface area contributed by atoms with Crippen LogP contribution in [0.5, 0.6) is 5.88 Å². The minimum absolute atomic E-state index is 0.254. The summed E-state index contributed by atoms with van der Waals surface area (Å²) in [5, 5.41) is 10.4. The van der Waals surface area contributed by atoms with Gasteiger partial charge in [0.25, 0.3) is 5.88 Å². The Bertz CT molecular complexity index is 626. The van der Waals surface area contributed by atoms with Crippen molar-refractivity contribution in [2.45, 2.75) is 19.3 Å². The highest BCUT2D eigenvalue weighted by molar-refractivity contribution is 5.41. The number of rotatable bonds is 6. The summed E-state index contributed by atoms with van der Waals surface area (Å²) in [5.74, 6) is 1.61. The molecule has 0 radical (unpaired) electrons. The molecule has 1 atom stereocenters. The number of ether oxygens (including phenoxy) is 2. The van der Waals surface area contributed by atoms with Gasteiger partial charge in [-0.15, -0.1) is 0 Å². The maximum Gasteiger partial charge on any atom is 0.278 e. The lowest BCUT2D eigenvalue weighted by Gasteiger charge is -2.11. The molecule has 1 aliphatic rings. The predicted octanol–water partition coefficient (Wildman–Crippen LogP) is 0.745. The van der Waals surface area contributed by atoms with Crippen LogP contribution in [0.3, 0.4) is 0 Å². The molecule has 0 aromatic carbocycles. The number of nitrogens with two attached hydrogens (primary N) is 1. The smallest absolute Gasteiger partial charge is 0.278 e. The van der Waals surface area contributed by atoms with Crippen LogP contribution in [0.15, 0.2) is 10.7 Å². The standard InChI is InChI=1S/C13H18N6O3/c1-8-12(19-22-18-8)21-5-3-15-11-6-10(16-13(14)17-11)9-2-4-20-7-9/h6,9H,2-5,7H2,1H3,(H3,14,15,16,17)/t9-/m1/s1. The summed E-state index contributed by atoms with van der Waals surface area (Å²) in [6.45, 7) is 4.15. The van der Waals surface area contributed by atoms with Crippen LogP contribution in [0.4, 0.5) is 11.8 Å². The first-order chi connectivity index (χ1) is 10.7. The zero-order chi connectivity index (χ0) is 15.4. The molecule has 118 valence electrons. The van der Waals surface area contributed by atoms with Crippen LogP contribution in [0.1, 0.15) is 23.7 Å². The number of anilines is 2. The van der Waals surface area contributed by atoms with Crippen molar-refractivity contribution in [3.63, 3.8) is 0 Å². The lowest BCUT2D eigenvalue weighted by atomic mass is 10.0. The van der Waals surface area contributed by atoms with Crippen molar-refractivity contribution in [2.75, 3.05) is 37.4 Å². The second-order valence-corrected chi connectivity index (χ2v) is 5.03. The monoisotopic (exact) mass is 306 g/mol. The SMILES string of the molecule is Cc1nonc1OCCNc1cc([C@@H]2CCOC2)nc(N)n1. The largest absolute Gasteiger partial charge is 0.472 e. The summed E-state index contributed by atoms with van der Waals surface area (Å²) >= 11 is 0. The van der Waals surface area contributed by atoms with Crippen molar-refractivity contribution in [2.24, 2.45) is 0 Å². The van der Waals surface area contributed by atoms with E-state index in [2.05, 4.69) is 30.2 Å². The van der Waals surface area contributed by atoms with Gasteiger partial charge in [-0.05, 0) is 18.5 Å². The van der Waals surface area contributed by atoms with E-state index in [0.29, 0.717) is 37.2 Å². The lowest BCUT2D eigenvalue weighted by Crippen LogP contribution is -2.14. The Kier molecular flexibility index (Phi) is 4.33. The molecule has 3 rings (SSSR count). The van der Waals surface area contributed by atoms with E-state index >= 15 is 0 Å². The van der Waals surface area contributed by atoms with Crippen LogP contribution < -0.4 is 15.8 Å². The number of nitrogens with zero attached hydrogens (tertiary/aromatic N) is 4. The molecule has 3 N–H and O–H groups in total. The molecule has 9 nitrogen and oxygen atoms in total. The molecule has 0 saturated carbocycles. The topological polar surface area (TPSA) is 121 Å². The van der Waals surface area contributed by atoms with Crippen LogP contribution in [0, 0.1) is 6.92 Å². The summed E-state index contributed by atoms with van der Waals surface area (Å²) < 4.78 is 15.4. The van der Waals surface area contributed by atoms with Crippen LogP contribution >= 0.6 is 0 Å². The number of hydrogen-bond acceptors (Lipinski definition) is 9. The fourth-order valence-electron chi connectivity index (χ4n) is 2.23. The molecule has 2 aromatic heterocycles. The van der Waals surface area contributed by atoms with Gasteiger partial charge in [0.1, 0.15) is 18.1 Å². The summed E-state index contributed by atoms with van der Waals surface area (Å²) in [4.78, 5) is 8.45. The Morgan fingerprint density at radius 2 is 2.32 bits per heavy atom. The van der Waals surface area contributed by atoms with Gasteiger partial charge in [0.05, 0.1) is 18.8 Å². The minimum Gasteiger partial charge on any atom is -0.472 e. The van der Waals surface area contributed by atoms with Gasteiger partial charge in [0, 0.05) is 18.6 Å². The van der Waals surface area contributed by atoms with Gasteiger partial charge >= 0.3 is 0 Å². The van der Waals surface area contributed by atoms with E-state index in [9.17, 15) is 0 Å². The molecule has 0 spiro atoms. The summed E-state index contributed by atoms with van der Waals surface area (Å²) in [5.41, 5.74) is 7.29. The number of aromatic nitrogens is 4. The predicted molar refractivity (Wildman–Crippen MR) is 77.6 cm³/mol. The Hall–Kier alpha value is -2.42. The summed E-state index contributed by atoms with van der Waals surface area (Å²) in [6, 6.07) is 1.90. The second-order valence-electron chi connectivity index (χ2n) is 5.03. The van der Waals surface area contributed by atoms with Gasteiger partial charge < -0.3 is 20.5 Å². The quantitative estimate of drug-likeness (QED) is 0.744. The molecular formula is C13H18N6O3. The average Bonchev–Trinajstić information content (AvgIpc) is 3.15. The number of nitrogens with one attached hydrogen (secondary N) is 1. The Balaban J connectivity index is 1.54. The molecular weight excluding hydrogens is 288 g/mol. The molecule has 1 saturated heterocycles. The lowest BCUT2D eigenvalue weighted by molar-refractivity contribution is 0.193. The van der Waals surface area contributed by atoms with E-state index < -0.39 is 0 Å². The van der Waals surface area contributed by atoms with Crippen molar-refractivity contribution in [1.82, 2.24) is 20.3 Å². The highest BCUT2D eigenvalue weighted by atomic mass is 16.6. The van der Waals surface area contributed by atoms with Crippen molar-refractivity contribution in [3.05, 3.63) is 17.5 Å². The van der Waals surface area contributed by atoms with Crippen LogP contribution in [0.2, 0.25) is 0 Å². The first-order valence-corrected chi connectivity index (χ1v) is 7.10. The molecule has 1 fully saturated rings. The van der Waals surface area contributed by atoms with Crippen LogP contribution in [0.25, 0.3) is 0 Å². The molecule has 2 aromatic rings. The molecule has 0 bridgehead atoms. The number of aryl methyl sites for hydroxylation is 1. The van der Waals surface area contributed by atoms with Gasteiger partial charge in [-0.3, -0.25) is 0 Å². The first-order valence-electron chi connectivity index (χ1n) is 7.10. The van der Waals surface area contributed by atoms with E-state index in [4.69, 9.17) is 15.2 Å². The zero-order valence-electron chi connectivity index (χ0n) is 12.3. The van der Waals surface area contributed by atoms with E-state index in [0.717, 1.165) is 18.7 Å². The highest BCUT2D eigenvalue weighted by Gasteiger charge is 2.20. The Labute approximate surface area is 127 Å². The Morgan fingerprint density at radius 1 is 1.41 bits per heavy atom. The van der Waals surface area contributed by atoms with Gasteiger partial charge in [-0.25, -0.2) is 9.61 Å². The number of nitrogen functional groups attached to an aromatic ring is 1. The van der Waals surface area contributed by atoms with Crippen molar-refractivity contribution >= 4 is 11.8 Å². The summed E-state index contributed by atoms with van der Waals surface area (Å²) in [6.07, 6.45) is 0.956. The number of hydrogen-bond donors (Lipinski definition) is 2. The molecule has 0 amide bonds. The van der Waals surface area contributed by atoms with Crippen molar-refractivity contribution < 1.29 is 14.1 Å². The van der Waals surface area contributed by atoms with Crippen LogP contribution in [-0.2, 0) is 4.74 Å². The molecule has 3 heterocycles. The normalized spacial score (nSPS) is 17.6. The third-order valence-electron chi connectivity index (χ3n) is 3.37. The minimum atomic E-state index is 0.254. The van der Waals surface area contributed by atoms with E-state index in [1.807, 2.05) is 6.07 Å². The molecule has 0 unspecified atom stereocenters. The third kappa shape index (κ3) is 3.42. The zero-order valence-corrected chi connectivity index (χ0v) is 12.3. The summed E-state index contributed by atoms with van der Waals surface area (Å²) in [7, 11) is 0. The molecule has 1 aliphatic heterocycles. The maximum absolute atomic E-state index is 5.76. The fraction of sp³-hybridized carbons (Fsp3) is 0.538. The Morgan fingerprint density at radius 3 is 3.05 bits per heavy atom. The van der Waals surface area contributed by atoms with E-state index in [-0.39, 0.29) is 11.9 Å². The second kappa shape index (κ2) is 6.56. The van der Waals surface area contributed by atoms with E-state index in [1.54, 1.807) is 6.92 Å². The van der Waals surface area contributed by atoms with Gasteiger partial charge in [-0.1, -0.05) is 5.16 Å². The van der Waals surface area contributed by atoms with E-state index in [1.165, 1.54) is 0 Å². The maximum atomic E-state index is 5.76. The molecule has 22 heavy (non-hydrogen) atoms. The van der Waals surface area contributed by atoms with Crippen molar-refractivity contribution in [1.29, 1.82) is 0 Å². The third-order valence-corrected chi connectivity index (χ3v) is 3.37. The molecule has 9 heteroatoms.